The van der Waals surface area contributed by atoms with Crippen LogP contribution < -0.4 is 5.32 Å². The fourth-order valence-electron chi connectivity index (χ4n) is 1.30. The Balaban J connectivity index is -0.000000213. The highest BCUT2D eigenvalue weighted by Gasteiger charge is 1.91. The van der Waals surface area contributed by atoms with Crippen LogP contribution in [0.4, 0.5) is 0 Å². The summed E-state index contributed by atoms with van der Waals surface area (Å²) >= 11 is 0. The summed E-state index contributed by atoms with van der Waals surface area (Å²) in [6.07, 6.45) is 6.79. The molecular formula is C15H38N2. The number of nitrogens with one attached hydrogen (secondary N) is 1. The van der Waals surface area contributed by atoms with E-state index >= 15 is 0 Å². The van der Waals surface area contributed by atoms with E-state index in [9.17, 15) is 0 Å². The molecule has 17 heavy (non-hydrogen) atoms. The quantitative estimate of drug-likeness (QED) is 0.647. The third-order valence-corrected chi connectivity index (χ3v) is 2.31. The highest BCUT2D eigenvalue weighted by Crippen LogP contribution is 1.95. The number of hydrogen-bond acceptors (Lipinski definition) is 2. The molecule has 0 bridgehead atoms. The van der Waals surface area contributed by atoms with Gasteiger partial charge in [0.15, 0.2) is 0 Å². The van der Waals surface area contributed by atoms with Gasteiger partial charge in [-0.05, 0) is 27.1 Å². The fraction of sp³-hybridized carbons (Fsp3) is 1.00. The van der Waals surface area contributed by atoms with Crippen molar-refractivity contribution in [2.75, 3.05) is 33.7 Å². The van der Waals surface area contributed by atoms with Crippen molar-refractivity contribution in [1.29, 1.82) is 0 Å². The van der Waals surface area contributed by atoms with Crippen molar-refractivity contribution < 1.29 is 0 Å². The second-order valence-corrected chi connectivity index (χ2v) is 4.11. The number of nitrogens with zero attached hydrogens (tertiary/aromatic N) is 1. The Hall–Kier alpha value is -0.0800. The van der Waals surface area contributed by atoms with Gasteiger partial charge in [0.05, 0.1) is 0 Å². The highest BCUT2D eigenvalue weighted by molar-refractivity contribution is 4.50. The molecule has 0 aromatic rings. The first-order chi connectivity index (χ1) is 8.22. The summed E-state index contributed by atoms with van der Waals surface area (Å²) in [5.74, 6) is 0. The summed E-state index contributed by atoms with van der Waals surface area (Å²) in [6, 6.07) is 0. The number of hydrogen-bond donors (Lipinski definition) is 1. The van der Waals surface area contributed by atoms with Crippen molar-refractivity contribution in [1.82, 2.24) is 10.2 Å². The molecule has 0 aromatic carbocycles. The van der Waals surface area contributed by atoms with Crippen LogP contribution in [-0.4, -0.2) is 38.6 Å². The van der Waals surface area contributed by atoms with E-state index in [-0.39, 0.29) is 0 Å². The largest absolute Gasteiger partial charge is 0.318 e. The predicted molar refractivity (Wildman–Crippen MR) is 82.9 cm³/mol. The van der Waals surface area contributed by atoms with Crippen LogP contribution in [0.1, 0.15) is 66.7 Å². The van der Waals surface area contributed by atoms with Gasteiger partial charge in [0, 0.05) is 13.1 Å². The Labute approximate surface area is 111 Å². The van der Waals surface area contributed by atoms with Gasteiger partial charge in [0.25, 0.3) is 0 Å². The zero-order valence-electron chi connectivity index (χ0n) is 13.6. The van der Waals surface area contributed by atoms with Crippen molar-refractivity contribution in [2.45, 2.75) is 66.7 Å². The molecule has 0 radical (unpaired) electrons. The Kier molecular flexibility index (Phi) is 32.5. The van der Waals surface area contributed by atoms with Crippen LogP contribution in [0.2, 0.25) is 0 Å². The standard InChI is InChI=1S/C7H18N2.C6H14.C2H6/c1-4-6-9(3)7-5-8-2;1-3-5-6-4-2;1-2/h8H,4-7H2,1-3H3;3-6H2,1-2H3;1-2H3. The molecule has 0 heterocycles. The Bertz CT molecular complexity index is 90.9. The van der Waals surface area contributed by atoms with Crippen molar-refractivity contribution in [3.63, 3.8) is 0 Å². The Morgan fingerprint density at radius 1 is 0.824 bits per heavy atom. The first-order valence-electron chi connectivity index (χ1n) is 7.55. The van der Waals surface area contributed by atoms with Gasteiger partial charge in [0.2, 0.25) is 0 Å². The van der Waals surface area contributed by atoms with Crippen LogP contribution in [0, 0.1) is 0 Å². The Morgan fingerprint density at radius 2 is 1.29 bits per heavy atom. The Morgan fingerprint density at radius 3 is 1.59 bits per heavy atom. The zero-order chi connectivity index (χ0) is 13.9. The molecule has 0 amide bonds. The maximum absolute atomic E-state index is 3.12. The van der Waals surface area contributed by atoms with E-state index in [2.05, 4.69) is 38.0 Å². The van der Waals surface area contributed by atoms with E-state index < -0.39 is 0 Å². The lowest BCUT2D eigenvalue weighted by atomic mass is 10.2. The van der Waals surface area contributed by atoms with Crippen LogP contribution >= 0.6 is 0 Å². The molecule has 2 nitrogen and oxygen atoms in total. The van der Waals surface area contributed by atoms with Gasteiger partial charge in [-0.25, -0.2) is 0 Å². The molecule has 0 saturated carbocycles. The number of likely N-dealkylation sites (N-methyl/N-ethyl adjacent to an activating group) is 2. The van der Waals surface area contributed by atoms with Gasteiger partial charge in [-0.2, -0.15) is 0 Å². The first kappa shape index (κ1) is 22.1. The van der Waals surface area contributed by atoms with E-state index in [1.165, 1.54) is 38.6 Å². The van der Waals surface area contributed by atoms with Gasteiger partial charge < -0.3 is 10.2 Å². The van der Waals surface area contributed by atoms with E-state index in [4.69, 9.17) is 0 Å². The third kappa shape index (κ3) is 31.3. The van der Waals surface area contributed by atoms with Crippen LogP contribution in [0.15, 0.2) is 0 Å². The molecule has 0 spiro atoms. The van der Waals surface area contributed by atoms with Gasteiger partial charge in [-0.3, -0.25) is 0 Å². The lowest BCUT2D eigenvalue weighted by Crippen LogP contribution is -2.27. The second-order valence-electron chi connectivity index (χ2n) is 4.11. The summed E-state index contributed by atoms with van der Waals surface area (Å²) in [4.78, 5) is 2.33. The van der Waals surface area contributed by atoms with Gasteiger partial charge >= 0.3 is 0 Å². The number of rotatable bonds is 8. The van der Waals surface area contributed by atoms with Crippen LogP contribution in [0.3, 0.4) is 0 Å². The van der Waals surface area contributed by atoms with Crippen molar-refractivity contribution in [3.05, 3.63) is 0 Å². The average Bonchev–Trinajstić information content (AvgIpc) is 2.37. The number of unbranched alkanes of at least 4 members (excludes halogenated alkanes) is 3. The highest BCUT2D eigenvalue weighted by atomic mass is 15.1. The molecule has 0 aliphatic carbocycles. The van der Waals surface area contributed by atoms with Gasteiger partial charge in [0.1, 0.15) is 0 Å². The monoisotopic (exact) mass is 246 g/mol. The lowest BCUT2D eigenvalue weighted by Gasteiger charge is -2.13. The normalized spacial score (nSPS) is 9.18. The average molecular weight is 246 g/mol. The summed E-state index contributed by atoms with van der Waals surface area (Å²) in [7, 11) is 4.14. The summed E-state index contributed by atoms with van der Waals surface area (Å²) < 4.78 is 0. The van der Waals surface area contributed by atoms with Crippen molar-refractivity contribution in [2.24, 2.45) is 0 Å². The van der Waals surface area contributed by atoms with Gasteiger partial charge in [-0.1, -0.05) is 60.3 Å². The molecule has 1 N–H and O–H groups in total. The summed E-state index contributed by atoms with van der Waals surface area (Å²) in [6.45, 7) is 14.1. The van der Waals surface area contributed by atoms with Crippen LogP contribution in [-0.2, 0) is 0 Å². The molecule has 0 fully saturated rings. The lowest BCUT2D eigenvalue weighted by molar-refractivity contribution is 0.336. The molecule has 0 aliphatic rings. The topological polar surface area (TPSA) is 15.3 Å². The van der Waals surface area contributed by atoms with E-state index in [0.717, 1.165) is 13.1 Å². The maximum atomic E-state index is 3.12. The van der Waals surface area contributed by atoms with Gasteiger partial charge in [-0.15, -0.1) is 0 Å². The van der Waals surface area contributed by atoms with Crippen molar-refractivity contribution >= 4 is 0 Å². The minimum absolute atomic E-state index is 1.09. The SMILES string of the molecule is CC.CCCCCC.CCCN(C)CCNC. The molecule has 0 aliphatic heterocycles. The van der Waals surface area contributed by atoms with E-state index in [1.54, 1.807) is 0 Å². The maximum Gasteiger partial charge on any atom is 0.0104 e. The molecular weight excluding hydrogens is 208 g/mol. The van der Waals surface area contributed by atoms with Crippen molar-refractivity contribution in [3.8, 4) is 0 Å². The molecule has 0 rings (SSSR count). The van der Waals surface area contributed by atoms with Crippen LogP contribution in [0.25, 0.3) is 0 Å². The molecule has 0 saturated heterocycles. The minimum Gasteiger partial charge on any atom is -0.318 e. The third-order valence-electron chi connectivity index (χ3n) is 2.31. The smallest absolute Gasteiger partial charge is 0.0104 e. The molecule has 2 heteroatoms. The summed E-state index contributed by atoms with van der Waals surface area (Å²) in [5, 5.41) is 3.12. The molecule has 0 atom stereocenters. The summed E-state index contributed by atoms with van der Waals surface area (Å²) in [5.41, 5.74) is 0. The second kappa shape index (κ2) is 24.9. The fourth-order valence-corrected chi connectivity index (χ4v) is 1.30. The van der Waals surface area contributed by atoms with E-state index in [1.807, 2.05) is 20.9 Å². The minimum atomic E-state index is 1.09. The zero-order valence-corrected chi connectivity index (χ0v) is 13.6. The first-order valence-corrected chi connectivity index (χ1v) is 7.55. The van der Waals surface area contributed by atoms with E-state index in [0.29, 0.717) is 0 Å². The van der Waals surface area contributed by atoms with Crippen LogP contribution in [0.5, 0.6) is 0 Å². The predicted octanol–water partition coefficient (Wildman–Crippen LogP) is 4.16. The molecule has 0 aromatic heterocycles. The molecule has 0 unspecified atom stereocenters. The molecule has 108 valence electrons.